The molecule has 10 heteroatoms. The van der Waals surface area contributed by atoms with Gasteiger partial charge in [0.2, 0.25) is 5.91 Å². The fraction of sp³-hybridized carbons (Fsp3) is 0.545. The Balaban J connectivity index is 1.90. The first-order chi connectivity index (χ1) is 9.70. The molecule has 1 aromatic rings. The van der Waals surface area contributed by atoms with Crippen LogP contribution in [0.5, 0.6) is 0 Å². The van der Waals surface area contributed by atoms with Gasteiger partial charge in [-0.05, 0) is 13.8 Å². The van der Waals surface area contributed by atoms with E-state index >= 15 is 0 Å². The molecule has 4 N–H and O–H groups in total. The van der Waals surface area contributed by atoms with Gasteiger partial charge < -0.3 is 21.1 Å². The van der Waals surface area contributed by atoms with E-state index in [9.17, 15) is 14.4 Å². The van der Waals surface area contributed by atoms with E-state index in [-0.39, 0.29) is 11.7 Å². The van der Waals surface area contributed by atoms with E-state index in [2.05, 4.69) is 15.6 Å². The molecule has 1 aliphatic rings. The summed E-state index contributed by atoms with van der Waals surface area (Å²) in [5, 5.41) is 18.5. The van der Waals surface area contributed by atoms with E-state index in [1.807, 2.05) is 0 Å². The maximum atomic E-state index is 11.9. The van der Waals surface area contributed by atoms with Crippen molar-refractivity contribution in [2.45, 2.75) is 25.4 Å². The highest BCUT2D eigenvalue weighted by atomic mass is 16.4. The molecular formula is C11H16N6O4. The van der Waals surface area contributed by atoms with Crippen LogP contribution in [-0.2, 0) is 4.79 Å². The Hall–Kier alpha value is -2.65. The van der Waals surface area contributed by atoms with Gasteiger partial charge in [-0.2, -0.15) is 0 Å². The van der Waals surface area contributed by atoms with Gasteiger partial charge in [0.25, 0.3) is 0 Å². The normalized spacial score (nSPS) is 15.4. The molecule has 0 aromatic carbocycles. The molecule has 1 aromatic heterocycles. The van der Waals surface area contributed by atoms with Crippen molar-refractivity contribution in [3.05, 3.63) is 11.9 Å². The highest BCUT2D eigenvalue weighted by Gasteiger charge is 2.36. The van der Waals surface area contributed by atoms with Crippen LogP contribution < -0.4 is 11.1 Å². The minimum Gasteiger partial charge on any atom is -0.476 e. The van der Waals surface area contributed by atoms with Crippen LogP contribution in [0.4, 0.5) is 4.79 Å². The average molecular weight is 296 g/mol. The summed E-state index contributed by atoms with van der Waals surface area (Å²) in [6.07, 6.45) is 1.32. The zero-order valence-corrected chi connectivity index (χ0v) is 11.6. The third kappa shape index (κ3) is 2.93. The lowest BCUT2D eigenvalue weighted by Crippen LogP contribution is -2.61. The quantitative estimate of drug-likeness (QED) is 0.637. The number of carbonyl (C=O) groups excluding carboxylic acids is 2. The number of carboxylic acids is 1. The number of likely N-dealkylation sites (tertiary alicyclic amines) is 1. The zero-order valence-electron chi connectivity index (χ0n) is 11.6. The summed E-state index contributed by atoms with van der Waals surface area (Å²) in [6, 6.07) is -0.540. The van der Waals surface area contributed by atoms with E-state index in [0.29, 0.717) is 13.1 Å². The summed E-state index contributed by atoms with van der Waals surface area (Å²) in [6.45, 7) is 3.73. The van der Waals surface area contributed by atoms with Crippen LogP contribution >= 0.6 is 0 Å². The molecule has 1 saturated heterocycles. The molecule has 0 radical (unpaired) electrons. The highest BCUT2D eigenvalue weighted by Crippen LogP contribution is 2.20. The first kappa shape index (κ1) is 14.8. The standard InChI is InChI=1S/C11H16N6O4/c1-11(2,9(12)20)13-10(21)16-3-6(4-16)17-5-7(8(18)19)14-15-17/h5-6H,3-4H2,1-2H3,(H2,12,20)(H,13,21)(H,18,19). The summed E-state index contributed by atoms with van der Waals surface area (Å²) in [5.74, 6) is -1.78. The van der Waals surface area contributed by atoms with Crippen LogP contribution in [0.3, 0.4) is 0 Å². The lowest BCUT2D eigenvalue weighted by Gasteiger charge is -2.40. The molecule has 114 valence electrons. The van der Waals surface area contributed by atoms with Gasteiger partial charge in [0.1, 0.15) is 5.54 Å². The predicted octanol–water partition coefficient (Wildman–Crippen LogP) is -1.19. The Kier molecular flexibility index (Phi) is 3.54. The second kappa shape index (κ2) is 5.04. The zero-order chi connectivity index (χ0) is 15.8. The smallest absolute Gasteiger partial charge is 0.358 e. The van der Waals surface area contributed by atoms with Gasteiger partial charge in [0.15, 0.2) is 5.69 Å². The van der Waals surface area contributed by atoms with Crippen LogP contribution in [0.25, 0.3) is 0 Å². The molecule has 0 spiro atoms. The van der Waals surface area contributed by atoms with Crippen molar-refractivity contribution in [3.63, 3.8) is 0 Å². The summed E-state index contributed by atoms with van der Waals surface area (Å²) >= 11 is 0. The number of nitrogens with two attached hydrogens (primary N) is 1. The largest absolute Gasteiger partial charge is 0.476 e. The molecule has 0 saturated carbocycles. The number of urea groups is 1. The number of aromatic nitrogens is 3. The number of carboxylic acid groups (broad SMARTS) is 1. The second-order valence-corrected chi connectivity index (χ2v) is 5.37. The number of nitrogens with one attached hydrogen (secondary N) is 1. The first-order valence-corrected chi connectivity index (χ1v) is 6.23. The number of rotatable bonds is 4. The van der Waals surface area contributed by atoms with Crippen molar-refractivity contribution < 1.29 is 19.5 Å². The van der Waals surface area contributed by atoms with Crippen LogP contribution in [-0.4, -0.2) is 61.5 Å². The van der Waals surface area contributed by atoms with Gasteiger partial charge >= 0.3 is 12.0 Å². The van der Waals surface area contributed by atoms with Gasteiger partial charge in [0, 0.05) is 13.1 Å². The fourth-order valence-electron chi connectivity index (χ4n) is 1.75. The molecule has 1 fully saturated rings. The molecule has 1 aliphatic heterocycles. The minimum atomic E-state index is -1.15. The lowest BCUT2D eigenvalue weighted by molar-refractivity contribution is -0.122. The molecule has 0 unspecified atom stereocenters. The Morgan fingerprint density at radius 2 is 2.05 bits per heavy atom. The van der Waals surface area contributed by atoms with E-state index in [0.717, 1.165) is 0 Å². The van der Waals surface area contributed by atoms with Gasteiger partial charge in [0.05, 0.1) is 12.2 Å². The van der Waals surface area contributed by atoms with Crippen molar-refractivity contribution in [2.75, 3.05) is 13.1 Å². The summed E-state index contributed by atoms with van der Waals surface area (Å²) in [7, 11) is 0. The van der Waals surface area contributed by atoms with Crippen LogP contribution in [0.2, 0.25) is 0 Å². The van der Waals surface area contributed by atoms with Crippen molar-refractivity contribution in [2.24, 2.45) is 5.73 Å². The Labute approximate surface area is 119 Å². The van der Waals surface area contributed by atoms with Crippen molar-refractivity contribution in [1.29, 1.82) is 0 Å². The van der Waals surface area contributed by atoms with Gasteiger partial charge in [-0.15, -0.1) is 5.10 Å². The first-order valence-electron chi connectivity index (χ1n) is 6.23. The van der Waals surface area contributed by atoms with Crippen molar-refractivity contribution >= 4 is 17.9 Å². The molecular weight excluding hydrogens is 280 g/mol. The number of primary amides is 1. The Bertz CT molecular complexity index is 589. The van der Waals surface area contributed by atoms with Crippen LogP contribution in [0.15, 0.2) is 6.20 Å². The monoisotopic (exact) mass is 296 g/mol. The molecule has 0 aliphatic carbocycles. The predicted molar refractivity (Wildman–Crippen MR) is 69.4 cm³/mol. The number of carbonyl (C=O) groups is 3. The highest BCUT2D eigenvalue weighted by molar-refractivity contribution is 5.89. The van der Waals surface area contributed by atoms with Crippen molar-refractivity contribution in [3.8, 4) is 0 Å². The number of hydrogen-bond acceptors (Lipinski definition) is 5. The summed E-state index contributed by atoms with van der Waals surface area (Å²) in [5.41, 5.74) is 3.90. The topological polar surface area (TPSA) is 143 Å². The molecule has 21 heavy (non-hydrogen) atoms. The van der Waals surface area contributed by atoms with Gasteiger partial charge in [-0.3, -0.25) is 4.79 Å². The second-order valence-electron chi connectivity index (χ2n) is 5.37. The number of hydrogen-bond donors (Lipinski definition) is 3. The van der Waals surface area contributed by atoms with Crippen molar-refractivity contribution in [1.82, 2.24) is 25.2 Å². The van der Waals surface area contributed by atoms with E-state index in [1.54, 1.807) is 0 Å². The molecule has 10 nitrogen and oxygen atoms in total. The SMILES string of the molecule is CC(C)(NC(=O)N1CC(n2cc(C(=O)O)nn2)C1)C(N)=O. The van der Waals surface area contributed by atoms with Gasteiger partial charge in [-0.25, -0.2) is 14.3 Å². The maximum absolute atomic E-state index is 11.9. The fourth-order valence-corrected chi connectivity index (χ4v) is 1.75. The van der Waals surface area contributed by atoms with E-state index < -0.39 is 23.4 Å². The number of amides is 3. The maximum Gasteiger partial charge on any atom is 0.358 e. The summed E-state index contributed by atoms with van der Waals surface area (Å²) in [4.78, 5) is 35.2. The third-order valence-electron chi connectivity index (χ3n) is 3.29. The minimum absolute atomic E-state index is 0.131. The van der Waals surface area contributed by atoms with Crippen LogP contribution in [0.1, 0.15) is 30.4 Å². The molecule has 0 bridgehead atoms. The third-order valence-corrected chi connectivity index (χ3v) is 3.29. The van der Waals surface area contributed by atoms with Gasteiger partial charge in [-0.1, -0.05) is 5.21 Å². The molecule has 2 rings (SSSR count). The van der Waals surface area contributed by atoms with E-state index in [4.69, 9.17) is 10.8 Å². The molecule has 2 heterocycles. The van der Waals surface area contributed by atoms with Crippen LogP contribution in [0, 0.1) is 0 Å². The molecule has 0 atom stereocenters. The number of nitrogens with zero attached hydrogens (tertiary/aromatic N) is 4. The Morgan fingerprint density at radius 3 is 2.52 bits per heavy atom. The summed E-state index contributed by atoms with van der Waals surface area (Å²) < 4.78 is 1.41. The van der Waals surface area contributed by atoms with E-state index in [1.165, 1.54) is 29.6 Å². The number of aromatic carboxylic acids is 1. The average Bonchev–Trinajstić information content (AvgIpc) is 2.75. The molecule has 3 amide bonds. The Morgan fingerprint density at radius 1 is 1.43 bits per heavy atom. The lowest BCUT2D eigenvalue weighted by atomic mass is 10.1.